The van der Waals surface area contributed by atoms with Gasteiger partial charge in [-0.1, -0.05) is 0 Å². The second kappa shape index (κ2) is 6.47. The van der Waals surface area contributed by atoms with Gasteiger partial charge in [0.05, 0.1) is 19.1 Å². The molecule has 2 aromatic heterocycles. The minimum atomic E-state index is -0.572. The van der Waals surface area contributed by atoms with Gasteiger partial charge in [-0.3, -0.25) is 4.79 Å². The number of furan rings is 1. The first-order chi connectivity index (χ1) is 12.0. The molecule has 0 unspecified atom stereocenters. The summed E-state index contributed by atoms with van der Waals surface area (Å²) in [5, 5.41) is 0.454. The number of hydrogen-bond donors (Lipinski definition) is 0. The molecule has 0 bridgehead atoms. The molecule has 6 nitrogen and oxygen atoms in total. The average molecular weight is 342 g/mol. The van der Waals surface area contributed by atoms with Crippen molar-refractivity contribution in [3.8, 4) is 17.1 Å². The summed E-state index contributed by atoms with van der Waals surface area (Å²) in [5.41, 5.74) is 1.25. The van der Waals surface area contributed by atoms with Gasteiger partial charge in [0, 0.05) is 6.07 Å². The van der Waals surface area contributed by atoms with Gasteiger partial charge in [-0.25, -0.2) is 4.79 Å². The number of aryl methyl sites for hydroxylation is 2. The molecule has 3 rings (SSSR count). The summed E-state index contributed by atoms with van der Waals surface area (Å²) in [4.78, 5) is 24.8. The third-order valence-corrected chi connectivity index (χ3v) is 3.91. The van der Waals surface area contributed by atoms with E-state index >= 15 is 0 Å². The van der Waals surface area contributed by atoms with Gasteiger partial charge in [0.1, 0.15) is 28.4 Å². The van der Waals surface area contributed by atoms with E-state index < -0.39 is 5.97 Å². The van der Waals surface area contributed by atoms with Crippen molar-refractivity contribution in [2.24, 2.45) is 0 Å². The first-order valence-electron chi connectivity index (χ1n) is 7.85. The number of carbonyl (C=O) groups excluding carboxylic acids is 1. The molecular weight excluding hydrogens is 324 g/mol. The number of rotatable bonds is 4. The van der Waals surface area contributed by atoms with Crippen molar-refractivity contribution < 1.29 is 23.1 Å². The number of benzene rings is 1. The molecule has 0 saturated carbocycles. The zero-order valence-electron chi connectivity index (χ0n) is 14.5. The first kappa shape index (κ1) is 16.8. The Labute approximate surface area is 144 Å². The van der Waals surface area contributed by atoms with Crippen LogP contribution in [0.5, 0.6) is 5.75 Å². The van der Waals surface area contributed by atoms with Crippen LogP contribution in [0.3, 0.4) is 0 Å². The van der Waals surface area contributed by atoms with Gasteiger partial charge in [-0.2, -0.15) is 0 Å². The second-order valence-corrected chi connectivity index (χ2v) is 5.56. The topological polar surface area (TPSA) is 78.9 Å². The molecular formula is C19H18O6. The third-order valence-electron chi connectivity index (χ3n) is 3.91. The van der Waals surface area contributed by atoms with Crippen LogP contribution in [0.2, 0.25) is 0 Å². The molecule has 0 spiro atoms. The van der Waals surface area contributed by atoms with Crippen LogP contribution in [0.1, 0.15) is 28.8 Å². The number of ether oxygens (including phenoxy) is 2. The largest absolute Gasteiger partial charge is 0.497 e. The number of esters is 1. The molecule has 1 aromatic carbocycles. The number of fused-ring (bicyclic) bond motifs is 1. The smallest absolute Gasteiger partial charge is 0.374 e. The van der Waals surface area contributed by atoms with Crippen molar-refractivity contribution in [1.82, 2.24) is 0 Å². The Morgan fingerprint density at radius 3 is 2.60 bits per heavy atom. The van der Waals surface area contributed by atoms with Crippen molar-refractivity contribution in [2.75, 3.05) is 13.7 Å². The monoisotopic (exact) mass is 342 g/mol. The highest BCUT2D eigenvalue weighted by Crippen LogP contribution is 2.29. The maximum atomic E-state index is 13.0. The lowest BCUT2D eigenvalue weighted by molar-refractivity contribution is 0.0491. The molecule has 0 fully saturated rings. The fourth-order valence-corrected chi connectivity index (χ4v) is 2.78. The van der Waals surface area contributed by atoms with Crippen molar-refractivity contribution in [1.29, 1.82) is 0 Å². The quantitative estimate of drug-likeness (QED) is 0.670. The van der Waals surface area contributed by atoms with E-state index in [1.54, 1.807) is 39.2 Å². The molecule has 0 amide bonds. The Bertz CT molecular complexity index is 1010. The summed E-state index contributed by atoms with van der Waals surface area (Å²) < 4.78 is 21.5. The molecule has 0 radical (unpaired) electrons. The van der Waals surface area contributed by atoms with E-state index in [0.717, 1.165) is 5.56 Å². The molecule has 0 aliphatic carbocycles. The molecule has 0 atom stereocenters. The van der Waals surface area contributed by atoms with Gasteiger partial charge in [-0.05, 0) is 44.5 Å². The van der Waals surface area contributed by atoms with Gasteiger partial charge in [0.2, 0.25) is 11.2 Å². The van der Waals surface area contributed by atoms with Crippen molar-refractivity contribution in [2.45, 2.75) is 20.8 Å². The van der Waals surface area contributed by atoms with Gasteiger partial charge >= 0.3 is 5.97 Å². The van der Waals surface area contributed by atoms with E-state index in [0.29, 0.717) is 22.5 Å². The lowest BCUT2D eigenvalue weighted by Crippen LogP contribution is -2.09. The molecule has 6 heteroatoms. The first-order valence-corrected chi connectivity index (χ1v) is 7.85. The normalized spacial score (nSPS) is 10.9. The summed E-state index contributed by atoms with van der Waals surface area (Å²) in [5.74, 6) is 0.754. The SMILES string of the molecule is CCOC(=O)c1ccc(-c2c(C)oc3cc(OC)cc(C)c3c2=O)o1. The third kappa shape index (κ3) is 2.91. The zero-order valence-corrected chi connectivity index (χ0v) is 14.5. The zero-order chi connectivity index (χ0) is 18.1. The Morgan fingerprint density at radius 1 is 1.16 bits per heavy atom. The predicted molar refractivity (Wildman–Crippen MR) is 92.2 cm³/mol. The fourth-order valence-electron chi connectivity index (χ4n) is 2.78. The summed E-state index contributed by atoms with van der Waals surface area (Å²) >= 11 is 0. The van der Waals surface area contributed by atoms with Crippen molar-refractivity contribution in [3.63, 3.8) is 0 Å². The van der Waals surface area contributed by atoms with Gasteiger partial charge in [0.25, 0.3) is 0 Å². The maximum Gasteiger partial charge on any atom is 0.374 e. The number of methoxy groups -OCH3 is 1. The van der Waals surface area contributed by atoms with Crippen LogP contribution in [-0.4, -0.2) is 19.7 Å². The van der Waals surface area contributed by atoms with Gasteiger partial charge in [0.15, 0.2) is 0 Å². The van der Waals surface area contributed by atoms with E-state index in [2.05, 4.69) is 0 Å². The van der Waals surface area contributed by atoms with Crippen molar-refractivity contribution >= 4 is 16.9 Å². The molecule has 2 heterocycles. The number of hydrogen-bond acceptors (Lipinski definition) is 6. The summed E-state index contributed by atoms with van der Waals surface area (Å²) in [6.45, 7) is 5.44. The van der Waals surface area contributed by atoms with Gasteiger partial charge in [-0.15, -0.1) is 0 Å². The molecule has 0 aliphatic heterocycles. The van der Waals surface area contributed by atoms with Crippen molar-refractivity contribution in [3.05, 3.63) is 51.6 Å². The van der Waals surface area contributed by atoms with Crippen LogP contribution < -0.4 is 10.2 Å². The molecule has 0 saturated heterocycles. The molecule has 0 N–H and O–H groups in total. The van der Waals surface area contributed by atoms with Crippen LogP contribution in [-0.2, 0) is 4.74 Å². The van der Waals surface area contributed by atoms with Crippen LogP contribution >= 0.6 is 0 Å². The summed E-state index contributed by atoms with van der Waals surface area (Å²) in [6, 6.07) is 6.49. The lowest BCUT2D eigenvalue weighted by atomic mass is 10.0. The predicted octanol–water partition coefficient (Wildman–Crippen LogP) is 3.86. The van der Waals surface area contributed by atoms with E-state index in [4.69, 9.17) is 18.3 Å². The fraction of sp³-hybridized carbons (Fsp3) is 0.263. The molecule has 130 valence electrons. The Balaban J connectivity index is 2.19. The number of carbonyl (C=O) groups is 1. The Hall–Kier alpha value is -3.02. The van der Waals surface area contributed by atoms with Crippen LogP contribution in [0, 0.1) is 13.8 Å². The van der Waals surface area contributed by atoms with Gasteiger partial charge < -0.3 is 18.3 Å². The lowest BCUT2D eigenvalue weighted by Gasteiger charge is -2.09. The highest BCUT2D eigenvalue weighted by atomic mass is 16.5. The highest BCUT2D eigenvalue weighted by molar-refractivity contribution is 5.88. The minimum absolute atomic E-state index is 0.0437. The van der Waals surface area contributed by atoms with Crippen LogP contribution in [0.15, 0.2) is 37.9 Å². The molecule has 3 aromatic rings. The Kier molecular flexibility index (Phi) is 4.35. The van der Waals surface area contributed by atoms with E-state index in [9.17, 15) is 9.59 Å². The standard InChI is InChI=1S/C19H18O6/c1-5-23-19(21)14-7-6-13(25-14)17-11(3)24-15-9-12(22-4)8-10(2)16(15)18(17)20/h6-9H,5H2,1-4H3. The van der Waals surface area contributed by atoms with E-state index in [1.807, 2.05) is 6.92 Å². The summed E-state index contributed by atoms with van der Waals surface area (Å²) in [6.07, 6.45) is 0. The molecule has 0 aliphatic rings. The Morgan fingerprint density at radius 2 is 1.92 bits per heavy atom. The van der Waals surface area contributed by atoms with Crippen LogP contribution in [0.25, 0.3) is 22.3 Å². The maximum absolute atomic E-state index is 13.0. The van der Waals surface area contributed by atoms with E-state index in [1.165, 1.54) is 6.07 Å². The molecule has 25 heavy (non-hydrogen) atoms. The second-order valence-electron chi connectivity index (χ2n) is 5.56. The average Bonchev–Trinajstić information content (AvgIpc) is 3.03. The minimum Gasteiger partial charge on any atom is -0.497 e. The summed E-state index contributed by atoms with van der Waals surface area (Å²) in [7, 11) is 1.56. The highest BCUT2D eigenvalue weighted by Gasteiger charge is 2.20. The van der Waals surface area contributed by atoms with E-state index in [-0.39, 0.29) is 29.1 Å². The van der Waals surface area contributed by atoms with Crippen LogP contribution in [0.4, 0.5) is 0 Å².